The van der Waals surface area contributed by atoms with Crippen molar-refractivity contribution in [1.82, 2.24) is 5.32 Å². The molecule has 1 rings (SSSR count). The summed E-state index contributed by atoms with van der Waals surface area (Å²) >= 11 is 3.38. The fourth-order valence-corrected chi connectivity index (χ4v) is 5.67. The topological polar surface area (TPSA) is 103 Å². The van der Waals surface area contributed by atoms with Crippen LogP contribution in [0.2, 0.25) is 0 Å². The Balaban J connectivity index is 2.43. The quantitative estimate of drug-likeness (QED) is 0.0618. The zero-order chi connectivity index (χ0) is 29.5. The number of phosphoric ester groups is 1. The first-order valence-electron chi connectivity index (χ1n) is 15.1. The van der Waals surface area contributed by atoms with E-state index in [-0.39, 0.29) is 25.0 Å². The van der Waals surface area contributed by atoms with Crippen LogP contribution in [0.1, 0.15) is 116 Å². The third-order valence-electron chi connectivity index (χ3n) is 6.77. The van der Waals surface area contributed by atoms with E-state index in [1.54, 1.807) is 32.2 Å². The van der Waals surface area contributed by atoms with Crippen molar-refractivity contribution in [3.63, 3.8) is 0 Å². The van der Waals surface area contributed by atoms with E-state index >= 15 is 0 Å². The minimum absolute atomic E-state index is 0.147. The summed E-state index contributed by atoms with van der Waals surface area (Å²) < 4.78 is 33.9. The number of rotatable bonds is 25. The predicted molar refractivity (Wildman–Crippen MR) is 165 cm³/mol. The summed E-state index contributed by atoms with van der Waals surface area (Å²) in [6.45, 7) is 4.46. The number of hydrogen-bond acceptors (Lipinski definition) is 6. The number of halogens is 1. The van der Waals surface area contributed by atoms with Gasteiger partial charge in [0, 0.05) is 19.0 Å². The minimum atomic E-state index is -4.36. The second-order valence-electron chi connectivity index (χ2n) is 10.5. The third-order valence-corrected chi connectivity index (χ3v) is 8.43. The van der Waals surface area contributed by atoms with Gasteiger partial charge in [-0.3, -0.25) is 9.42 Å². The molecule has 1 aromatic rings. The van der Waals surface area contributed by atoms with Gasteiger partial charge in [0.1, 0.15) is 12.4 Å². The van der Waals surface area contributed by atoms with Crippen molar-refractivity contribution in [2.24, 2.45) is 0 Å². The van der Waals surface area contributed by atoms with Crippen molar-refractivity contribution >= 4 is 29.8 Å². The lowest BCUT2D eigenvalue weighted by atomic mass is 10.0. The first-order valence-corrected chi connectivity index (χ1v) is 17.7. The highest BCUT2D eigenvalue weighted by molar-refractivity contribution is 9.08. The maximum absolute atomic E-state index is 12.8. The number of nitrogens with one attached hydrogen (secondary N) is 1. The van der Waals surface area contributed by atoms with Crippen molar-refractivity contribution < 1.29 is 32.8 Å². The molecule has 2 N–H and O–H groups in total. The van der Waals surface area contributed by atoms with Gasteiger partial charge in [-0.05, 0) is 37.5 Å². The molecule has 0 aliphatic heterocycles. The van der Waals surface area contributed by atoms with Crippen LogP contribution in [0, 0.1) is 0 Å². The molecule has 1 amide bonds. The van der Waals surface area contributed by atoms with Crippen LogP contribution in [0.5, 0.6) is 5.75 Å². The molecule has 8 nitrogen and oxygen atoms in total. The highest BCUT2D eigenvalue weighted by Crippen LogP contribution is 2.46. The summed E-state index contributed by atoms with van der Waals surface area (Å²) in [5.41, 5.74) is 0.923. The van der Waals surface area contributed by atoms with Gasteiger partial charge in [0.15, 0.2) is 0 Å². The molecular formula is C30H53BrNO7P. The van der Waals surface area contributed by atoms with Crippen LogP contribution in [0.25, 0.3) is 0 Å². The first-order chi connectivity index (χ1) is 19.3. The molecule has 10 heteroatoms. The van der Waals surface area contributed by atoms with Crippen LogP contribution < -0.4 is 9.84 Å². The van der Waals surface area contributed by atoms with Crippen LogP contribution in [0.15, 0.2) is 24.3 Å². The number of phosphoric acid groups is 1. The Kier molecular flexibility index (Phi) is 21.6. The van der Waals surface area contributed by atoms with Crippen molar-refractivity contribution in [3.05, 3.63) is 29.8 Å². The summed E-state index contributed by atoms with van der Waals surface area (Å²) in [7, 11) is -2.81. The fourth-order valence-electron chi connectivity index (χ4n) is 4.32. The molecule has 0 aliphatic carbocycles. The SMILES string of the molecule is CCCCCCCCCCCCCCCC(CCNC(=O)OCC(C)OC)OP(=O)(O)Oc1cccc(CBr)c1. The molecule has 1 aromatic carbocycles. The standard InChI is InChI=1S/C30H53BrNO7P/c1-4-5-6-7-8-9-10-11-12-13-14-15-16-19-28(21-22-32-30(33)37-25-26(2)36-3)38-40(34,35)39-29-20-17-18-27(23-29)24-31/h17-18,20,23,26,28H,4-16,19,21-22,24-25H2,1-3H3,(H,32,33)(H,34,35). The smallest absolute Gasteiger partial charge is 0.447 e. The molecule has 0 spiro atoms. The van der Waals surface area contributed by atoms with Crippen LogP contribution in [-0.4, -0.2) is 43.5 Å². The zero-order valence-electron chi connectivity index (χ0n) is 24.9. The van der Waals surface area contributed by atoms with Gasteiger partial charge in [-0.1, -0.05) is 118 Å². The second-order valence-corrected chi connectivity index (χ2v) is 12.4. The van der Waals surface area contributed by atoms with Gasteiger partial charge in [-0.2, -0.15) is 0 Å². The van der Waals surface area contributed by atoms with E-state index in [1.807, 2.05) is 6.07 Å². The van der Waals surface area contributed by atoms with E-state index < -0.39 is 20.0 Å². The Hall–Kier alpha value is -1.12. The van der Waals surface area contributed by atoms with Gasteiger partial charge in [0.2, 0.25) is 0 Å². The van der Waals surface area contributed by atoms with Crippen molar-refractivity contribution in [1.29, 1.82) is 0 Å². The molecule has 0 heterocycles. The number of methoxy groups -OCH3 is 1. The summed E-state index contributed by atoms with van der Waals surface area (Å²) in [6.07, 6.45) is 15.9. The Morgan fingerprint density at radius 2 is 1.57 bits per heavy atom. The third kappa shape index (κ3) is 19.9. The van der Waals surface area contributed by atoms with Gasteiger partial charge in [-0.15, -0.1) is 0 Å². The molecular weight excluding hydrogens is 597 g/mol. The van der Waals surface area contributed by atoms with Gasteiger partial charge in [0.25, 0.3) is 0 Å². The maximum Gasteiger partial charge on any atom is 0.527 e. The molecule has 0 bridgehead atoms. The summed E-state index contributed by atoms with van der Waals surface area (Å²) in [5.74, 6) is 0.274. The van der Waals surface area contributed by atoms with E-state index in [2.05, 4.69) is 28.2 Å². The minimum Gasteiger partial charge on any atom is -0.447 e. The number of ether oxygens (including phenoxy) is 2. The molecule has 0 radical (unpaired) electrons. The number of amides is 1. The summed E-state index contributed by atoms with van der Waals surface area (Å²) in [6, 6.07) is 6.97. The largest absolute Gasteiger partial charge is 0.527 e. The number of carbonyl (C=O) groups excluding carboxylic acids is 1. The highest BCUT2D eigenvalue weighted by Gasteiger charge is 2.28. The van der Waals surface area contributed by atoms with Crippen LogP contribution in [-0.2, 0) is 23.9 Å². The number of benzene rings is 1. The summed E-state index contributed by atoms with van der Waals surface area (Å²) in [4.78, 5) is 22.4. The van der Waals surface area contributed by atoms with Crippen molar-refractivity contribution in [2.75, 3.05) is 20.3 Å². The maximum atomic E-state index is 12.8. The van der Waals surface area contributed by atoms with Crippen molar-refractivity contribution in [2.45, 2.75) is 128 Å². The van der Waals surface area contributed by atoms with Gasteiger partial charge in [0.05, 0.1) is 12.2 Å². The molecule has 0 aliphatic rings. The Bertz CT molecular complexity index is 829. The Morgan fingerprint density at radius 3 is 2.15 bits per heavy atom. The van der Waals surface area contributed by atoms with Gasteiger partial charge >= 0.3 is 13.9 Å². The van der Waals surface area contributed by atoms with Crippen LogP contribution >= 0.6 is 23.8 Å². The van der Waals surface area contributed by atoms with E-state index in [4.69, 9.17) is 18.5 Å². The molecule has 3 unspecified atom stereocenters. The highest BCUT2D eigenvalue weighted by atomic mass is 79.9. The number of unbranched alkanes of at least 4 members (excludes halogenated alkanes) is 12. The predicted octanol–water partition coefficient (Wildman–Crippen LogP) is 9.08. The molecule has 0 saturated carbocycles. The molecule has 0 aromatic heterocycles. The number of alkyl halides is 1. The molecule has 3 atom stereocenters. The Morgan fingerprint density at radius 1 is 0.975 bits per heavy atom. The first kappa shape index (κ1) is 36.9. The summed E-state index contributed by atoms with van der Waals surface area (Å²) in [5, 5.41) is 3.28. The average molecular weight is 651 g/mol. The molecule has 0 saturated heterocycles. The number of alkyl carbamates (subject to hydrolysis) is 1. The molecule has 0 fully saturated rings. The van der Waals surface area contributed by atoms with E-state index in [0.29, 0.717) is 18.2 Å². The fraction of sp³-hybridized carbons (Fsp3) is 0.767. The van der Waals surface area contributed by atoms with Crippen LogP contribution in [0.3, 0.4) is 0 Å². The molecule has 40 heavy (non-hydrogen) atoms. The van der Waals surface area contributed by atoms with Gasteiger partial charge in [-0.25, -0.2) is 9.36 Å². The number of carbonyl (C=O) groups is 1. The van der Waals surface area contributed by atoms with Crippen LogP contribution in [0.4, 0.5) is 4.79 Å². The van der Waals surface area contributed by atoms with Gasteiger partial charge < -0.3 is 19.3 Å². The second kappa shape index (κ2) is 23.4. The average Bonchev–Trinajstić information content (AvgIpc) is 2.93. The lowest BCUT2D eigenvalue weighted by Crippen LogP contribution is -2.30. The molecule has 232 valence electrons. The number of hydrogen-bond donors (Lipinski definition) is 2. The lowest BCUT2D eigenvalue weighted by Gasteiger charge is -2.21. The normalized spacial score (nSPS) is 14.3. The zero-order valence-corrected chi connectivity index (χ0v) is 27.4. The Labute approximate surface area is 251 Å². The monoisotopic (exact) mass is 649 g/mol. The van der Waals surface area contributed by atoms with E-state index in [1.165, 1.54) is 64.2 Å². The lowest BCUT2D eigenvalue weighted by molar-refractivity contribution is 0.0455. The van der Waals surface area contributed by atoms with E-state index in [9.17, 15) is 14.3 Å². The van der Waals surface area contributed by atoms with E-state index in [0.717, 1.165) is 24.8 Å². The van der Waals surface area contributed by atoms with Crippen molar-refractivity contribution in [3.8, 4) is 5.75 Å².